The molecule has 33 heavy (non-hydrogen) atoms. The van der Waals surface area contributed by atoms with E-state index in [0.717, 1.165) is 31.2 Å². The lowest BCUT2D eigenvalue weighted by atomic mass is 10.2. The summed E-state index contributed by atoms with van der Waals surface area (Å²) in [5, 5.41) is 3.44. The van der Waals surface area contributed by atoms with Gasteiger partial charge in [-0.05, 0) is 61.4 Å². The van der Waals surface area contributed by atoms with Crippen LogP contribution in [-0.2, 0) is 21.2 Å². The number of oxazole rings is 1. The van der Waals surface area contributed by atoms with Crippen molar-refractivity contribution in [2.45, 2.75) is 43.4 Å². The van der Waals surface area contributed by atoms with Gasteiger partial charge in [-0.25, -0.2) is 13.4 Å². The topological polar surface area (TPSA) is 92.5 Å². The number of carbonyl (C=O) groups is 1. The first-order valence-corrected chi connectivity index (χ1v) is 12.8. The predicted molar refractivity (Wildman–Crippen MR) is 128 cm³/mol. The Bertz CT molecular complexity index is 1180. The van der Waals surface area contributed by atoms with Crippen molar-refractivity contribution in [1.29, 1.82) is 0 Å². The van der Waals surface area contributed by atoms with E-state index >= 15 is 0 Å². The van der Waals surface area contributed by atoms with E-state index in [1.54, 1.807) is 46.9 Å². The van der Waals surface area contributed by atoms with Crippen LogP contribution in [0.15, 0.2) is 64.0 Å². The maximum atomic E-state index is 12.9. The van der Waals surface area contributed by atoms with E-state index in [0.29, 0.717) is 41.9 Å². The molecule has 0 aliphatic carbocycles. The first-order chi connectivity index (χ1) is 15.9. The zero-order chi connectivity index (χ0) is 23.3. The third kappa shape index (κ3) is 6.01. The molecule has 0 radical (unpaired) electrons. The highest BCUT2D eigenvalue weighted by Gasteiger charge is 2.25. The van der Waals surface area contributed by atoms with Gasteiger partial charge in [0.15, 0.2) is 11.7 Å². The van der Waals surface area contributed by atoms with Gasteiger partial charge in [-0.2, -0.15) is 4.31 Å². The molecule has 9 heteroatoms. The molecule has 2 heterocycles. The van der Waals surface area contributed by atoms with Gasteiger partial charge in [0.25, 0.3) is 0 Å². The van der Waals surface area contributed by atoms with E-state index in [2.05, 4.69) is 10.3 Å². The van der Waals surface area contributed by atoms with Crippen molar-refractivity contribution >= 4 is 33.2 Å². The average molecular weight is 488 g/mol. The molecule has 0 atom stereocenters. The number of hydrogen-bond acceptors (Lipinski definition) is 5. The second-order valence-electron chi connectivity index (χ2n) is 8.02. The van der Waals surface area contributed by atoms with Crippen molar-refractivity contribution in [2.75, 3.05) is 18.4 Å². The second kappa shape index (κ2) is 10.5. The molecular weight excluding hydrogens is 462 g/mol. The number of nitrogens with zero attached hydrogens (tertiary/aromatic N) is 2. The largest absolute Gasteiger partial charge is 0.441 e. The highest BCUT2D eigenvalue weighted by atomic mass is 35.5. The number of hydrogen-bond donors (Lipinski definition) is 1. The Kier molecular flexibility index (Phi) is 7.47. The van der Waals surface area contributed by atoms with Crippen molar-refractivity contribution in [3.05, 3.63) is 65.6 Å². The summed E-state index contributed by atoms with van der Waals surface area (Å²) in [5.74, 6) is 0.877. The Balaban J connectivity index is 1.31. The molecule has 7 nitrogen and oxygen atoms in total. The molecule has 3 aromatic rings. The van der Waals surface area contributed by atoms with Crippen LogP contribution in [0.3, 0.4) is 0 Å². The summed E-state index contributed by atoms with van der Waals surface area (Å²) >= 11 is 5.91. The van der Waals surface area contributed by atoms with Crippen LogP contribution in [0.4, 0.5) is 5.69 Å². The van der Waals surface area contributed by atoms with Crippen molar-refractivity contribution < 1.29 is 17.6 Å². The third-order valence-electron chi connectivity index (χ3n) is 5.59. The lowest BCUT2D eigenvalue weighted by molar-refractivity contribution is -0.116. The van der Waals surface area contributed by atoms with Gasteiger partial charge < -0.3 is 9.73 Å². The van der Waals surface area contributed by atoms with Crippen LogP contribution in [0.2, 0.25) is 5.02 Å². The fourth-order valence-corrected chi connectivity index (χ4v) is 5.40. The number of benzene rings is 2. The zero-order valence-electron chi connectivity index (χ0n) is 18.2. The lowest BCUT2D eigenvalue weighted by Crippen LogP contribution is -2.31. The van der Waals surface area contributed by atoms with Crippen LogP contribution in [0.5, 0.6) is 0 Å². The van der Waals surface area contributed by atoms with Gasteiger partial charge in [-0.3, -0.25) is 4.79 Å². The van der Waals surface area contributed by atoms with E-state index in [9.17, 15) is 13.2 Å². The van der Waals surface area contributed by atoms with Crippen molar-refractivity contribution in [1.82, 2.24) is 9.29 Å². The van der Waals surface area contributed by atoms with Gasteiger partial charge >= 0.3 is 0 Å². The number of anilines is 1. The normalized spacial score (nSPS) is 15.2. The van der Waals surface area contributed by atoms with Gasteiger partial charge in [-0.1, -0.05) is 24.4 Å². The van der Waals surface area contributed by atoms with E-state index in [-0.39, 0.29) is 17.2 Å². The summed E-state index contributed by atoms with van der Waals surface area (Å²) in [7, 11) is -3.51. The molecule has 1 aliphatic heterocycles. The standard InChI is InChI=1S/C24H26ClN3O4S/c25-19-7-5-18(6-8-19)22-17-26-24(32-22)14-13-23(29)27-20-9-11-21(12-10-20)33(30,31)28-15-3-1-2-4-16-28/h5-12,17H,1-4,13-16H2,(H,27,29). The molecule has 0 bridgehead atoms. The quantitative estimate of drug-likeness (QED) is 0.498. The molecular formula is C24H26ClN3O4S. The number of rotatable bonds is 7. The van der Waals surface area contributed by atoms with Crippen LogP contribution < -0.4 is 5.32 Å². The van der Waals surface area contributed by atoms with Gasteiger partial charge in [-0.15, -0.1) is 0 Å². The lowest BCUT2D eigenvalue weighted by Gasteiger charge is -2.20. The minimum Gasteiger partial charge on any atom is -0.441 e. The summed E-state index contributed by atoms with van der Waals surface area (Å²) in [6, 6.07) is 13.6. The molecule has 0 spiro atoms. The second-order valence-corrected chi connectivity index (χ2v) is 10.4. The monoisotopic (exact) mass is 487 g/mol. The number of nitrogens with one attached hydrogen (secondary N) is 1. The van der Waals surface area contributed by atoms with Crippen molar-refractivity contribution in [2.24, 2.45) is 0 Å². The van der Waals surface area contributed by atoms with Crippen LogP contribution >= 0.6 is 11.6 Å². The van der Waals surface area contributed by atoms with Crippen LogP contribution in [0, 0.1) is 0 Å². The molecule has 1 aliphatic rings. The number of aryl methyl sites for hydroxylation is 1. The molecule has 2 aromatic carbocycles. The molecule has 1 amide bonds. The number of carbonyl (C=O) groups excluding carboxylic acids is 1. The molecule has 0 saturated carbocycles. The van der Waals surface area contributed by atoms with Crippen LogP contribution in [0.1, 0.15) is 38.0 Å². The van der Waals surface area contributed by atoms with Gasteiger partial charge in [0.1, 0.15) is 0 Å². The van der Waals surface area contributed by atoms with Crippen LogP contribution in [-0.4, -0.2) is 36.7 Å². The van der Waals surface area contributed by atoms with E-state index in [1.165, 1.54) is 0 Å². The average Bonchev–Trinajstić information content (AvgIpc) is 3.10. The molecule has 1 aromatic heterocycles. The maximum absolute atomic E-state index is 12.9. The highest BCUT2D eigenvalue weighted by Crippen LogP contribution is 2.24. The zero-order valence-corrected chi connectivity index (χ0v) is 19.7. The Morgan fingerprint density at radius 2 is 1.67 bits per heavy atom. The number of sulfonamides is 1. The molecule has 1 N–H and O–H groups in total. The van der Waals surface area contributed by atoms with Crippen molar-refractivity contribution in [3.8, 4) is 11.3 Å². The van der Waals surface area contributed by atoms with E-state index in [1.807, 2.05) is 12.1 Å². The molecule has 174 valence electrons. The van der Waals surface area contributed by atoms with Crippen LogP contribution in [0.25, 0.3) is 11.3 Å². The maximum Gasteiger partial charge on any atom is 0.243 e. The number of halogens is 1. The molecule has 4 rings (SSSR count). The molecule has 0 unspecified atom stereocenters. The third-order valence-corrected chi connectivity index (χ3v) is 7.75. The van der Waals surface area contributed by atoms with E-state index < -0.39 is 10.0 Å². The summed E-state index contributed by atoms with van der Waals surface area (Å²) < 4.78 is 33.0. The predicted octanol–water partition coefficient (Wildman–Crippen LogP) is 5.13. The fourth-order valence-electron chi connectivity index (χ4n) is 3.76. The number of aromatic nitrogens is 1. The summed E-state index contributed by atoms with van der Waals surface area (Å²) in [6.45, 7) is 1.11. The smallest absolute Gasteiger partial charge is 0.243 e. The summed E-state index contributed by atoms with van der Waals surface area (Å²) in [4.78, 5) is 16.8. The first-order valence-electron chi connectivity index (χ1n) is 11.0. The van der Waals surface area contributed by atoms with Gasteiger partial charge in [0, 0.05) is 42.2 Å². The summed E-state index contributed by atoms with van der Waals surface area (Å²) in [5.41, 5.74) is 1.40. The summed E-state index contributed by atoms with van der Waals surface area (Å²) in [6.07, 6.45) is 6.06. The Morgan fingerprint density at radius 1 is 1.00 bits per heavy atom. The minimum atomic E-state index is -3.51. The SMILES string of the molecule is O=C(CCc1ncc(-c2ccc(Cl)cc2)o1)Nc1ccc(S(=O)(=O)N2CCCCCC2)cc1. The Morgan fingerprint density at radius 3 is 2.33 bits per heavy atom. The molecule has 1 saturated heterocycles. The number of amides is 1. The first kappa shape index (κ1) is 23.5. The molecule has 1 fully saturated rings. The fraction of sp³-hybridized carbons (Fsp3) is 0.333. The van der Waals surface area contributed by atoms with Crippen molar-refractivity contribution in [3.63, 3.8) is 0 Å². The van der Waals surface area contributed by atoms with Gasteiger partial charge in [0.05, 0.1) is 11.1 Å². The highest BCUT2D eigenvalue weighted by molar-refractivity contribution is 7.89. The Hall–Kier alpha value is -2.68. The van der Waals surface area contributed by atoms with Gasteiger partial charge in [0.2, 0.25) is 15.9 Å². The van der Waals surface area contributed by atoms with E-state index in [4.69, 9.17) is 16.0 Å². The Labute approximate surface area is 198 Å². The minimum absolute atomic E-state index is 0.189.